The van der Waals surface area contributed by atoms with Crippen LogP contribution >= 0.6 is 0 Å². The average Bonchev–Trinajstić information content (AvgIpc) is 2.89. The van der Waals surface area contributed by atoms with E-state index in [1.807, 2.05) is 12.1 Å². The van der Waals surface area contributed by atoms with E-state index < -0.39 is 0 Å². The van der Waals surface area contributed by atoms with E-state index >= 15 is 0 Å². The van der Waals surface area contributed by atoms with E-state index in [0.717, 1.165) is 32.5 Å². The fourth-order valence-corrected chi connectivity index (χ4v) is 2.10. The van der Waals surface area contributed by atoms with Crippen LogP contribution in [0, 0.1) is 5.92 Å². The molecule has 0 aliphatic carbocycles. The Morgan fingerprint density at radius 1 is 1.53 bits per heavy atom. The zero-order valence-electron chi connectivity index (χ0n) is 11.9. The average molecular weight is 264 g/mol. The molecule has 4 heteroatoms. The number of hydrogen-bond donors (Lipinski definition) is 1. The molecule has 0 spiro atoms. The van der Waals surface area contributed by atoms with Gasteiger partial charge in [-0.1, -0.05) is 13.8 Å². The lowest BCUT2D eigenvalue weighted by molar-refractivity contribution is 0.0663. The first kappa shape index (κ1) is 14.3. The molecule has 1 fully saturated rings. The van der Waals surface area contributed by atoms with Crippen molar-refractivity contribution in [3.8, 4) is 5.88 Å². The Labute approximate surface area is 115 Å². The zero-order valence-corrected chi connectivity index (χ0v) is 11.9. The van der Waals surface area contributed by atoms with Gasteiger partial charge >= 0.3 is 0 Å². The van der Waals surface area contributed by atoms with E-state index in [1.165, 1.54) is 5.56 Å². The normalized spacial score (nSPS) is 19.0. The number of aromatic nitrogens is 1. The van der Waals surface area contributed by atoms with Gasteiger partial charge in [-0.3, -0.25) is 0 Å². The molecule has 2 rings (SSSR count). The predicted octanol–water partition coefficient (Wildman–Crippen LogP) is 2.39. The third-order valence-corrected chi connectivity index (χ3v) is 3.12. The first-order chi connectivity index (χ1) is 9.24. The zero-order chi connectivity index (χ0) is 13.5. The van der Waals surface area contributed by atoms with Crippen LogP contribution in [-0.4, -0.2) is 30.8 Å². The summed E-state index contributed by atoms with van der Waals surface area (Å²) in [7, 11) is 0. The molecule has 0 radical (unpaired) electrons. The highest BCUT2D eigenvalue weighted by molar-refractivity contribution is 5.20. The van der Waals surface area contributed by atoms with Crippen molar-refractivity contribution in [3.05, 3.63) is 23.9 Å². The van der Waals surface area contributed by atoms with Gasteiger partial charge in [-0.05, 0) is 36.9 Å². The number of ether oxygens (including phenoxy) is 2. The molecular formula is C15H24N2O2. The van der Waals surface area contributed by atoms with Crippen LogP contribution < -0.4 is 10.1 Å². The minimum Gasteiger partial charge on any atom is -0.475 e. The molecule has 0 bridgehead atoms. The summed E-state index contributed by atoms with van der Waals surface area (Å²) >= 11 is 0. The molecule has 19 heavy (non-hydrogen) atoms. The second kappa shape index (κ2) is 7.46. The molecule has 1 aromatic heterocycles. The molecule has 1 atom stereocenters. The molecule has 0 aromatic carbocycles. The van der Waals surface area contributed by atoms with E-state index in [2.05, 4.69) is 24.1 Å². The Morgan fingerprint density at radius 2 is 2.42 bits per heavy atom. The van der Waals surface area contributed by atoms with E-state index in [1.54, 1.807) is 6.20 Å². The third-order valence-electron chi connectivity index (χ3n) is 3.12. The van der Waals surface area contributed by atoms with Crippen molar-refractivity contribution in [1.82, 2.24) is 10.3 Å². The van der Waals surface area contributed by atoms with Crippen LogP contribution in [0.5, 0.6) is 5.88 Å². The fraction of sp³-hybridized carbons (Fsp3) is 0.667. The molecule has 1 N–H and O–H groups in total. The lowest BCUT2D eigenvalue weighted by Gasteiger charge is -2.12. The summed E-state index contributed by atoms with van der Waals surface area (Å²) < 4.78 is 11.2. The monoisotopic (exact) mass is 264 g/mol. The van der Waals surface area contributed by atoms with Gasteiger partial charge in [-0.25, -0.2) is 4.98 Å². The number of rotatable bonds is 7. The minimum absolute atomic E-state index is 0.240. The van der Waals surface area contributed by atoms with Crippen LogP contribution in [0.3, 0.4) is 0 Å². The van der Waals surface area contributed by atoms with Crippen LogP contribution in [0.15, 0.2) is 18.3 Å². The van der Waals surface area contributed by atoms with Crippen molar-refractivity contribution >= 4 is 0 Å². The summed E-state index contributed by atoms with van der Waals surface area (Å²) in [6, 6.07) is 4.02. The maximum absolute atomic E-state index is 5.69. The van der Waals surface area contributed by atoms with Gasteiger partial charge in [0.2, 0.25) is 5.88 Å². The molecule has 2 heterocycles. The molecular weight excluding hydrogens is 240 g/mol. The van der Waals surface area contributed by atoms with Crippen LogP contribution in [0.25, 0.3) is 0 Å². The summed E-state index contributed by atoms with van der Waals surface area (Å²) in [6.07, 6.45) is 4.28. The predicted molar refractivity (Wildman–Crippen MR) is 75.3 cm³/mol. The Morgan fingerprint density at radius 3 is 3.16 bits per heavy atom. The second-order valence-corrected chi connectivity index (χ2v) is 5.47. The molecule has 1 aromatic rings. The SMILES string of the molecule is CC(C)CNCc1ccnc(OCC2CCCO2)c1. The molecule has 1 aliphatic heterocycles. The Hall–Kier alpha value is -1.13. The summed E-state index contributed by atoms with van der Waals surface area (Å²) in [6.45, 7) is 7.76. The van der Waals surface area contributed by atoms with Crippen molar-refractivity contribution in [2.24, 2.45) is 5.92 Å². The van der Waals surface area contributed by atoms with Crippen molar-refractivity contribution in [3.63, 3.8) is 0 Å². The standard InChI is InChI=1S/C15H24N2O2/c1-12(2)9-16-10-13-5-6-17-15(8-13)19-11-14-4-3-7-18-14/h5-6,8,12,14,16H,3-4,7,9-11H2,1-2H3. The quantitative estimate of drug-likeness (QED) is 0.821. The van der Waals surface area contributed by atoms with Crippen LogP contribution in [0.4, 0.5) is 0 Å². The summed E-state index contributed by atoms with van der Waals surface area (Å²) in [5, 5.41) is 3.42. The topological polar surface area (TPSA) is 43.4 Å². The van der Waals surface area contributed by atoms with E-state index in [4.69, 9.17) is 9.47 Å². The Kier molecular flexibility index (Phi) is 5.61. The first-order valence-electron chi connectivity index (χ1n) is 7.14. The highest BCUT2D eigenvalue weighted by Crippen LogP contribution is 2.15. The summed E-state index contributed by atoms with van der Waals surface area (Å²) in [4.78, 5) is 4.24. The molecule has 1 aliphatic rings. The third kappa shape index (κ3) is 5.17. The molecule has 1 saturated heterocycles. The van der Waals surface area contributed by atoms with Crippen molar-refractivity contribution < 1.29 is 9.47 Å². The van der Waals surface area contributed by atoms with Crippen molar-refractivity contribution in [2.75, 3.05) is 19.8 Å². The fourth-order valence-electron chi connectivity index (χ4n) is 2.10. The van der Waals surface area contributed by atoms with Crippen LogP contribution in [-0.2, 0) is 11.3 Å². The Balaban J connectivity index is 1.77. The molecule has 0 amide bonds. The highest BCUT2D eigenvalue weighted by atomic mass is 16.5. The van der Waals surface area contributed by atoms with E-state index in [9.17, 15) is 0 Å². The first-order valence-corrected chi connectivity index (χ1v) is 7.14. The van der Waals surface area contributed by atoms with Gasteiger partial charge in [0.15, 0.2) is 0 Å². The van der Waals surface area contributed by atoms with E-state index in [0.29, 0.717) is 18.4 Å². The number of nitrogens with zero attached hydrogens (tertiary/aromatic N) is 1. The Bertz CT molecular complexity index is 376. The van der Waals surface area contributed by atoms with Crippen LogP contribution in [0.1, 0.15) is 32.3 Å². The van der Waals surface area contributed by atoms with Gasteiger partial charge in [0.1, 0.15) is 6.61 Å². The smallest absolute Gasteiger partial charge is 0.213 e. The lowest BCUT2D eigenvalue weighted by Crippen LogP contribution is -2.19. The largest absolute Gasteiger partial charge is 0.475 e. The van der Waals surface area contributed by atoms with E-state index in [-0.39, 0.29) is 6.10 Å². The molecule has 106 valence electrons. The van der Waals surface area contributed by atoms with Crippen LogP contribution in [0.2, 0.25) is 0 Å². The highest BCUT2D eigenvalue weighted by Gasteiger charge is 2.16. The summed E-state index contributed by atoms with van der Waals surface area (Å²) in [5.74, 6) is 1.36. The second-order valence-electron chi connectivity index (χ2n) is 5.47. The molecule has 0 saturated carbocycles. The van der Waals surface area contributed by atoms with Gasteiger partial charge in [-0.15, -0.1) is 0 Å². The number of pyridine rings is 1. The van der Waals surface area contributed by atoms with Gasteiger partial charge in [-0.2, -0.15) is 0 Å². The van der Waals surface area contributed by atoms with Crippen molar-refractivity contribution in [2.45, 2.75) is 39.3 Å². The van der Waals surface area contributed by atoms with Gasteiger partial charge in [0, 0.05) is 25.4 Å². The van der Waals surface area contributed by atoms with Gasteiger partial charge in [0.05, 0.1) is 6.10 Å². The maximum atomic E-state index is 5.69. The van der Waals surface area contributed by atoms with Gasteiger partial charge in [0.25, 0.3) is 0 Å². The number of hydrogen-bond acceptors (Lipinski definition) is 4. The maximum Gasteiger partial charge on any atom is 0.213 e. The van der Waals surface area contributed by atoms with Crippen molar-refractivity contribution in [1.29, 1.82) is 0 Å². The molecule has 4 nitrogen and oxygen atoms in total. The van der Waals surface area contributed by atoms with Gasteiger partial charge < -0.3 is 14.8 Å². The lowest BCUT2D eigenvalue weighted by atomic mass is 10.2. The minimum atomic E-state index is 0.240. The summed E-state index contributed by atoms with van der Waals surface area (Å²) in [5.41, 5.74) is 1.21. The number of nitrogens with one attached hydrogen (secondary N) is 1. The molecule has 1 unspecified atom stereocenters.